The predicted octanol–water partition coefficient (Wildman–Crippen LogP) is 2.40. The van der Waals surface area contributed by atoms with E-state index in [1.165, 1.54) is 0 Å². The fourth-order valence-electron chi connectivity index (χ4n) is 1.46. The Morgan fingerprint density at radius 1 is 1.39 bits per heavy atom. The van der Waals surface area contributed by atoms with Gasteiger partial charge in [0.1, 0.15) is 0 Å². The van der Waals surface area contributed by atoms with Crippen LogP contribution in [-0.2, 0) is 0 Å². The van der Waals surface area contributed by atoms with E-state index in [-0.39, 0.29) is 5.91 Å². The van der Waals surface area contributed by atoms with E-state index in [1.54, 1.807) is 19.9 Å². The number of benzene rings is 1. The molecule has 1 aromatic rings. The minimum Gasteiger partial charge on any atom is -0.385 e. The summed E-state index contributed by atoms with van der Waals surface area (Å²) in [4.78, 5) is 12.0. The van der Waals surface area contributed by atoms with Gasteiger partial charge in [-0.25, -0.2) is 0 Å². The Kier molecular flexibility index (Phi) is 4.73. The van der Waals surface area contributed by atoms with Crippen molar-refractivity contribution in [2.45, 2.75) is 20.8 Å². The van der Waals surface area contributed by atoms with Crippen LogP contribution in [0.3, 0.4) is 0 Å². The van der Waals surface area contributed by atoms with Crippen LogP contribution in [0.25, 0.3) is 0 Å². The monoisotopic (exact) mass is 245 g/mol. The van der Waals surface area contributed by atoms with Gasteiger partial charge < -0.3 is 10.6 Å². The van der Waals surface area contributed by atoms with Crippen molar-refractivity contribution >= 4 is 11.6 Å². The average Bonchev–Trinajstić information content (AvgIpc) is 2.37. The summed E-state index contributed by atoms with van der Waals surface area (Å²) in [5, 5.41) is 14.8. The van der Waals surface area contributed by atoms with Crippen LogP contribution in [0.15, 0.2) is 24.3 Å². The normalized spacial score (nSPS) is 10.6. The van der Waals surface area contributed by atoms with Gasteiger partial charge in [0.2, 0.25) is 0 Å². The second kappa shape index (κ2) is 6.06. The minimum absolute atomic E-state index is 0.158. The van der Waals surface area contributed by atoms with Crippen LogP contribution >= 0.6 is 0 Å². The first-order valence-corrected chi connectivity index (χ1v) is 6.02. The Morgan fingerprint density at radius 3 is 2.67 bits per heavy atom. The molecule has 0 aliphatic rings. The van der Waals surface area contributed by atoms with Gasteiger partial charge in [-0.3, -0.25) is 4.79 Å². The molecule has 0 spiro atoms. The summed E-state index contributed by atoms with van der Waals surface area (Å²) in [5.41, 5.74) is 0.864. The molecule has 4 nitrogen and oxygen atoms in total. The molecular weight excluding hydrogens is 226 g/mol. The van der Waals surface area contributed by atoms with Crippen LogP contribution in [0.2, 0.25) is 0 Å². The van der Waals surface area contributed by atoms with Crippen molar-refractivity contribution in [3.8, 4) is 6.07 Å². The first-order valence-electron chi connectivity index (χ1n) is 6.02. The maximum absolute atomic E-state index is 12.0. The van der Waals surface area contributed by atoms with Gasteiger partial charge in [0.05, 0.1) is 17.0 Å². The van der Waals surface area contributed by atoms with E-state index >= 15 is 0 Å². The number of carbonyl (C=O) groups excluding carboxylic acids is 1. The molecule has 1 amide bonds. The highest BCUT2D eigenvalue weighted by molar-refractivity contribution is 5.99. The Bertz CT molecular complexity index is 460. The van der Waals surface area contributed by atoms with Crippen LogP contribution < -0.4 is 10.6 Å². The number of hydrogen-bond acceptors (Lipinski definition) is 3. The molecule has 0 aromatic heterocycles. The number of anilines is 1. The highest BCUT2D eigenvalue weighted by atomic mass is 16.1. The SMILES string of the molecule is CCNc1ccccc1C(=O)NCC(C)(C)C#N. The van der Waals surface area contributed by atoms with Crippen molar-refractivity contribution in [2.75, 3.05) is 18.4 Å². The van der Waals surface area contributed by atoms with Crippen molar-refractivity contribution in [2.24, 2.45) is 5.41 Å². The Morgan fingerprint density at radius 2 is 2.06 bits per heavy atom. The van der Waals surface area contributed by atoms with Gasteiger partial charge >= 0.3 is 0 Å². The molecule has 2 N–H and O–H groups in total. The number of nitrogens with zero attached hydrogens (tertiary/aromatic N) is 1. The molecule has 0 atom stereocenters. The molecule has 0 aliphatic carbocycles. The van der Waals surface area contributed by atoms with Gasteiger partial charge in [-0.1, -0.05) is 12.1 Å². The zero-order valence-corrected chi connectivity index (χ0v) is 11.1. The molecule has 0 aliphatic heterocycles. The molecule has 4 heteroatoms. The number of para-hydroxylation sites is 1. The van der Waals surface area contributed by atoms with Gasteiger partial charge in [-0.2, -0.15) is 5.26 Å². The molecular formula is C14H19N3O. The van der Waals surface area contributed by atoms with Crippen molar-refractivity contribution in [1.29, 1.82) is 5.26 Å². The van der Waals surface area contributed by atoms with Crippen molar-refractivity contribution < 1.29 is 4.79 Å². The molecule has 18 heavy (non-hydrogen) atoms. The number of nitriles is 1. The van der Waals surface area contributed by atoms with E-state index in [4.69, 9.17) is 5.26 Å². The third kappa shape index (κ3) is 3.77. The molecule has 1 rings (SSSR count). The van der Waals surface area contributed by atoms with Gasteiger partial charge in [0.25, 0.3) is 5.91 Å². The summed E-state index contributed by atoms with van der Waals surface area (Å²) in [6, 6.07) is 9.50. The lowest BCUT2D eigenvalue weighted by atomic mass is 9.96. The zero-order valence-electron chi connectivity index (χ0n) is 11.1. The van der Waals surface area contributed by atoms with Gasteiger partial charge in [0.15, 0.2) is 0 Å². The van der Waals surface area contributed by atoms with Crippen LogP contribution in [-0.4, -0.2) is 19.0 Å². The fourth-order valence-corrected chi connectivity index (χ4v) is 1.46. The summed E-state index contributed by atoms with van der Waals surface area (Å²) >= 11 is 0. The molecule has 1 aromatic carbocycles. The van der Waals surface area contributed by atoms with E-state index < -0.39 is 5.41 Å². The van der Waals surface area contributed by atoms with E-state index in [2.05, 4.69) is 16.7 Å². The zero-order chi connectivity index (χ0) is 13.6. The number of rotatable bonds is 5. The molecule has 0 unspecified atom stereocenters. The lowest BCUT2D eigenvalue weighted by Crippen LogP contribution is -2.33. The highest BCUT2D eigenvalue weighted by Crippen LogP contribution is 2.16. The summed E-state index contributed by atoms with van der Waals surface area (Å²) < 4.78 is 0. The molecule has 0 bridgehead atoms. The quantitative estimate of drug-likeness (QED) is 0.837. The lowest BCUT2D eigenvalue weighted by Gasteiger charge is -2.17. The van der Waals surface area contributed by atoms with Gasteiger partial charge in [-0.05, 0) is 32.9 Å². The van der Waals surface area contributed by atoms with Gasteiger partial charge in [-0.15, -0.1) is 0 Å². The third-order valence-corrected chi connectivity index (χ3v) is 2.53. The maximum atomic E-state index is 12.0. The standard InChI is InChI=1S/C14H19N3O/c1-4-16-12-8-6-5-7-11(12)13(18)17-10-14(2,3)9-15/h5-8,16H,4,10H2,1-3H3,(H,17,18). The summed E-state index contributed by atoms with van der Waals surface area (Å²) in [6.45, 7) is 6.66. The third-order valence-electron chi connectivity index (χ3n) is 2.53. The Labute approximate surface area is 108 Å². The largest absolute Gasteiger partial charge is 0.385 e. The minimum atomic E-state index is -0.553. The van der Waals surface area contributed by atoms with Gasteiger partial charge in [0, 0.05) is 18.8 Å². The average molecular weight is 245 g/mol. The summed E-state index contributed by atoms with van der Waals surface area (Å²) in [5.74, 6) is -0.158. The highest BCUT2D eigenvalue weighted by Gasteiger charge is 2.19. The molecule has 96 valence electrons. The topological polar surface area (TPSA) is 64.9 Å². The lowest BCUT2D eigenvalue weighted by molar-refractivity contribution is 0.0944. The van der Waals surface area contributed by atoms with Crippen molar-refractivity contribution in [3.63, 3.8) is 0 Å². The second-order valence-corrected chi connectivity index (χ2v) is 4.75. The molecule has 0 heterocycles. The molecule has 0 saturated heterocycles. The fraction of sp³-hybridized carbons (Fsp3) is 0.429. The molecule has 0 fully saturated rings. The van der Waals surface area contributed by atoms with E-state index in [9.17, 15) is 4.79 Å². The predicted molar refractivity (Wildman–Crippen MR) is 72.3 cm³/mol. The maximum Gasteiger partial charge on any atom is 0.253 e. The number of carbonyl (C=O) groups is 1. The van der Waals surface area contributed by atoms with Crippen molar-refractivity contribution in [1.82, 2.24) is 5.32 Å². The smallest absolute Gasteiger partial charge is 0.253 e. The first-order chi connectivity index (χ1) is 8.50. The van der Waals surface area contributed by atoms with E-state index in [0.29, 0.717) is 12.1 Å². The Balaban J connectivity index is 2.76. The van der Waals surface area contributed by atoms with Crippen LogP contribution in [0, 0.1) is 16.7 Å². The number of amides is 1. The second-order valence-electron chi connectivity index (χ2n) is 4.75. The van der Waals surface area contributed by atoms with Crippen LogP contribution in [0.1, 0.15) is 31.1 Å². The Hall–Kier alpha value is -2.02. The number of nitrogens with one attached hydrogen (secondary N) is 2. The van der Waals surface area contributed by atoms with Crippen LogP contribution in [0.4, 0.5) is 5.69 Å². The molecule has 0 radical (unpaired) electrons. The van der Waals surface area contributed by atoms with E-state index in [0.717, 1.165) is 12.2 Å². The van der Waals surface area contributed by atoms with Crippen molar-refractivity contribution in [3.05, 3.63) is 29.8 Å². The van der Waals surface area contributed by atoms with E-state index in [1.807, 2.05) is 25.1 Å². The summed E-state index contributed by atoms with van der Waals surface area (Å²) in [7, 11) is 0. The summed E-state index contributed by atoms with van der Waals surface area (Å²) in [6.07, 6.45) is 0. The van der Waals surface area contributed by atoms with Crippen LogP contribution in [0.5, 0.6) is 0 Å². The first kappa shape index (κ1) is 14.0. The number of hydrogen-bond donors (Lipinski definition) is 2. The molecule has 0 saturated carbocycles.